The van der Waals surface area contributed by atoms with Gasteiger partial charge in [-0.25, -0.2) is 8.42 Å². The molecule has 0 radical (unpaired) electrons. The van der Waals surface area contributed by atoms with Gasteiger partial charge in [-0.3, -0.25) is 0 Å². The fourth-order valence-corrected chi connectivity index (χ4v) is 4.50. The van der Waals surface area contributed by atoms with Crippen LogP contribution in [0.15, 0.2) is 24.3 Å². The van der Waals surface area contributed by atoms with Gasteiger partial charge in [0.2, 0.25) is 0 Å². The lowest BCUT2D eigenvalue weighted by atomic mass is 9.79. The Morgan fingerprint density at radius 2 is 1.75 bits per heavy atom. The third-order valence-corrected chi connectivity index (χ3v) is 6.36. The first kappa shape index (κ1) is 13.9. The van der Waals surface area contributed by atoms with Crippen LogP contribution >= 0.6 is 0 Å². The Labute approximate surface area is 120 Å². The maximum absolute atomic E-state index is 11.1. The molecule has 20 heavy (non-hydrogen) atoms. The van der Waals surface area contributed by atoms with Crippen LogP contribution in [-0.4, -0.2) is 32.6 Å². The van der Waals surface area contributed by atoms with Crippen LogP contribution in [0.2, 0.25) is 0 Å². The van der Waals surface area contributed by atoms with E-state index < -0.39 is 9.84 Å². The molecule has 0 atom stereocenters. The molecule has 5 heteroatoms. The van der Waals surface area contributed by atoms with Gasteiger partial charge in [0.25, 0.3) is 0 Å². The van der Waals surface area contributed by atoms with E-state index in [4.69, 9.17) is 10.5 Å². The maximum Gasteiger partial charge on any atom is 0.157 e. The van der Waals surface area contributed by atoms with E-state index in [-0.39, 0.29) is 23.0 Å². The highest BCUT2D eigenvalue weighted by Crippen LogP contribution is 2.40. The lowest BCUT2D eigenvalue weighted by molar-refractivity contribution is 0.230. The van der Waals surface area contributed by atoms with Crippen molar-refractivity contribution >= 4 is 9.84 Å². The van der Waals surface area contributed by atoms with Crippen molar-refractivity contribution in [3.63, 3.8) is 0 Å². The summed E-state index contributed by atoms with van der Waals surface area (Å²) in [4.78, 5) is 0. The minimum atomic E-state index is -2.83. The molecule has 0 aromatic heterocycles. The second kappa shape index (κ2) is 5.04. The first-order chi connectivity index (χ1) is 9.53. The van der Waals surface area contributed by atoms with Gasteiger partial charge < -0.3 is 10.5 Å². The maximum atomic E-state index is 11.1. The van der Waals surface area contributed by atoms with Crippen molar-refractivity contribution < 1.29 is 13.2 Å². The van der Waals surface area contributed by atoms with Gasteiger partial charge in [-0.15, -0.1) is 0 Å². The highest BCUT2D eigenvalue weighted by molar-refractivity contribution is 7.92. The van der Waals surface area contributed by atoms with Crippen molar-refractivity contribution in [2.45, 2.75) is 37.2 Å². The highest BCUT2D eigenvalue weighted by Gasteiger charge is 2.36. The van der Waals surface area contributed by atoms with Crippen LogP contribution < -0.4 is 10.5 Å². The summed E-state index contributed by atoms with van der Waals surface area (Å²) in [5, 5.41) is 0. The van der Waals surface area contributed by atoms with Crippen LogP contribution in [0.1, 0.15) is 31.2 Å². The van der Waals surface area contributed by atoms with E-state index in [1.54, 1.807) is 0 Å². The van der Waals surface area contributed by atoms with Crippen molar-refractivity contribution in [1.29, 1.82) is 0 Å². The van der Waals surface area contributed by atoms with Crippen LogP contribution in [0.3, 0.4) is 0 Å². The molecule has 1 aromatic carbocycles. The number of nitrogens with two attached hydrogens (primary N) is 1. The van der Waals surface area contributed by atoms with Crippen LogP contribution in [0.5, 0.6) is 5.75 Å². The predicted molar refractivity (Wildman–Crippen MR) is 78.7 cm³/mol. The first-order valence-electron chi connectivity index (χ1n) is 7.21. The smallest absolute Gasteiger partial charge is 0.157 e. The highest BCUT2D eigenvalue weighted by atomic mass is 32.2. The fourth-order valence-electron chi connectivity index (χ4n) is 3.33. The van der Waals surface area contributed by atoms with Gasteiger partial charge >= 0.3 is 0 Å². The monoisotopic (exact) mass is 295 g/mol. The molecule has 3 rings (SSSR count). The third-order valence-electron chi connectivity index (χ3n) is 4.60. The molecule has 4 nitrogen and oxygen atoms in total. The van der Waals surface area contributed by atoms with Gasteiger partial charge in [-0.2, -0.15) is 0 Å². The second-order valence-electron chi connectivity index (χ2n) is 6.03. The summed E-state index contributed by atoms with van der Waals surface area (Å²) in [6.45, 7) is 0.689. The summed E-state index contributed by atoms with van der Waals surface area (Å²) in [6, 6.07) is 8.05. The summed E-state index contributed by atoms with van der Waals surface area (Å²) < 4.78 is 27.9. The van der Waals surface area contributed by atoms with Gasteiger partial charge in [0, 0.05) is 12.0 Å². The van der Waals surface area contributed by atoms with E-state index in [0.717, 1.165) is 18.6 Å². The van der Waals surface area contributed by atoms with Crippen molar-refractivity contribution in [2.24, 2.45) is 5.73 Å². The number of hydrogen-bond donors (Lipinski definition) is 1. The summed E-state index contributed by atoms with van der Waals surface area (Å²) in [6.07, 6.45) is 4.63. The Kier molecular flexibility index (Phi) is 3.50. The lowest BCUT2D eigenvalue weighted by Crippen LogP contribution is -2.45. The Hall–Kier alpha value is -1.07. The number of hydrogen-bond acceptors (Lipinski definition) is 4. The molecule has 110 valence electrons. The molecule has 2 N–H and O–H groups in total. The summed E-state index contributed by atoms with van der Waals surface area (Å²) in [5.74, 6) is 1.03. The minimum Gasteiger partial charge on any atom is -0.488 e. The van der Waals surface area contributed by atoms with Crippen molar-refractivity contribution in [3.8, 4) is 5.75 Å². The SMILES string of the molecule is NCC1(c2ccc(OC3CS(=O)(=O)C3)cc2)CCCC1. The molecule has 1 aliphatic carbocycles. The molecule has 1 saturated heterocycles. The third kappa shape index (κ3) is 2.56. The molecule has 2 aliphatic rings. The number of sulfone groups is 1. The molecule has 1 saturated carbocycles. The van der Waals surface area contributed by atoms with Gasteiger partial charge in [0.15, 0.2) is 9.84 Å². The van der Waals surface area contributed by atoms with Crippen LogP contribution in [0.4, 0.5) is 0 Å². The Bertz CT molecular complexity index is 562. The number of rotatable bonds is 4. The van der Waals surface area contributed by atoms with E-state index in [1.807, 2.05) is 12.1 Å². The summed E-state index contributed by atoms with van der Waals surface area (Å²) in [5.41, 5.74) is 7.40. The zero-order chi connectivity index (χ0) is 14.2. The Balaban J connectivity index is 1.68. The molecule has 0 spiro atoms. The summed E-state index contributed by atoms with van der Waals surface area (Å²) >= 11 is 0. The first-order valence-corrected chi connectivity index (χ1v) is 9.03. The van der Waals surface area contributed by atoms with Crippen LogP contribution in [-0.2, 0) is 15.3 Å². The zero-order valence-corrected chi connectivity index (χ0v) is 12.4. The van der Waals surface area contributed by atoms with Crippen LogP contribution in [0.25, 0.3) is 0 Å². The average molecular weight is 295 g/mol. The standard InChI is InChI=1S/C15H21NO3S/c16-11-15(7-1-2-8-15)12-3-5-13(6-4-12)19-14-9-20(17,18)10-14/h3-6,14H,1-2,7-11,16H2. The van der Waals surface area contributed by atoms with Gasteiger partial charge in [-0.05, 0) is 30.5 Å². The van der Waals surface area contributed by atoms with Crippen LogP contribution in [0, 0.1) is 0 Å². The Morgan fingerprint density at radius 1 is 1.15 bits per heavy atom. The predicted octanol–water partition coefficient (Wildman–Crippen LogP) is 1.63. The quantitative estimate of drug-likeness (QED) is 0.916. The molecule has 1 heterocycles. The van der Waals surface area contributed by atoms with E-state index in [1.165, 1.54) is 18.4 Å². The van der Waals surface area contributed by atoms with Crippen molar-refractivity contribution in [1.82, 2.24) is 0 Å². The van der Waals surface area contributed by atoms with E-state index in [2.05, 4.69) is 12.1 Å². The van der Waals surface area contributed by atoms with Crippen molar-refractivity contribution in [3.05, 3.63) is 29.8 Å². The largest absolute Gasteiger partial charge is 0.488 e. The van der Waals surface area contributed by atoms with Crippen molar-refractivity contribution in [2.75, 3.05) is 18.1 Å². The molecule has 0 amide bonds. The topological polar surface area (TPSA) is 69.4 Å². The molecule has 0 bridgehead atoms. The molecular formula is C15H21NO3S. The number of benzene rings is 1. The van der Waals surface area contributed by atoms with E-state index >= 15 is 0 Å². The fraction of sp³-hybridized carbons (Fsp3) is 0.600. The Morgan fingerprint density at radius 3 is 2.25 bits per heavy atom. The minimum absolute atomic E-state index is 0.137. The lowest BCUT2D eigenvalue weighted by Gasteiger charge is -2.29. The summed E-state index contributed by atoms with van der Waals surface area (Å²) in [7, 11) is -2.83. The normalized spacial score (nSPS) is 24.2. The van der Waals surface area contributed by atoms with Gasteiger partial charge in [-0.1, -0.05) is 25.0 Å². The molecule has 2 fully saturated rings. The van der Waals surface area contributed by atoms with E-state index in [0.29, 0.717) is 6.54 Å². The second-order valence-corrected chi connectivity index (χ2v) is 8.19. The molecule has 0 unspecified atom stereocenters. The molecular weight excluding hydrogens is 274 g/mol. The van der Waals surface area contributed by atoms with Gasteiger partial charge in [0.1, 0.15) is 11.9 Å². The van der Waals surface area contributed by atoms with E-state index in [9.17, 15) is 8.42 Å². The average Bonchev–Trinajstić information content (AvgIpc) is 2.87. The molecule has 1 aliphatic heterocycles. The zero-order valence-electron chi connectivity index (χ0n) is 11.5. The number of ether oxygens (including phenoxy) is 1. The van der Waals surface area contributed by atoms with Gasteiger partial charge in [0.05, 0.1) is 11.5 Å². The molecule has 1 aromatic rings.